The monoisotopic (exact) mass is 370 g/mol. The molecule has 1 fully saturated rings. The van der Waals surface area contributed by atoms with E-state index in [9.17, 15) is 28.2 Å². The first-order valence-electron chi connectivity index (χ1n) is 9.00. The quantitative estimate of drug-likeness (QED) is 0.714. The number of amides is 1. The van der Waals surface area contributed by atoms with Gasteiger partial charge in [0.25, 0.3) is 0 Å². The van der Waals surface area contributed by atoms with E-state index in [1.165, 1.54) is 12.1 Å². The van der Waals surface area contributed by atoms with Crippen LogP contribution in [0, 0.1) is 11.8 Å². The molecular weight excluding hydrogens is 347 g/mol. The zero-order valence-corrected chi connectivity index (χ0v) is 14.2. The molecule has 7 heteroatoms. The maximum Gasteiger partial charge on any atom is 0.471 e. The zero-order chi connectivity index (χ0) is 20.1. The second-order valence-electron chi connectivity index (χ2n) is 6.43. The van der Waals surface area contributed by atoms with Gasteiger partial charge in [0.05, 0.1) is 7.47 Å². The average Bonchev–Trinajstić information content (AvgIpc) is 2.60. The van der Waals surface area contributed by atoms with Crippen LogP contribution in [0.4, 0.5) is 13.2 Å². The lowest BCUT2D eigenvalue weighted by molar-refractivity contribution is -0.173. The molecular formula is C19H22F3NO3. The van der Waals surface area contributed by atoms with Crippen molar-refractivity contribution < 1.29 is 29.5 Å². The molecule has 1 aliphatic carbocycles. The lowest BCUT2D eigenvalue weighted by Crippen LogP contribution is -2.37. The highest BCUT2D eigenvalue weighted by molar-refractivity contribution is 5.81. The average molecular weight is 370 g/mol. The summed E-state index contributed by atoms with van der Waals surface area (Å²) in [5, 5.41) is 22.3. The Morgan fingerprint density at radius 2 is 2.08 bits per heavy atom. The predicted octanol–water partition coefficient (Wildman–Crippen LogP) is 2.84. The molecule has 26 heavy (non-hydrogen) atoms. The van der Waals surface area contributed by atoms with Crippen LogP contribution in [-0.4, -0.2) is 34.4 Å². The summed E-state index contributed by atoms with van der Waals surface area (Å²) in [4.78, 5) is 10.8. The fraction of sp³-hybridized carbons (Fsp3) is 0.526. The molecule has 4 nitrogen and oxygen atoms in total. The summed E-state index contributed by atoms with van der Waals surface area (Å²) >= 11 is 0. The summed E-state index contributed by atoms with van der Waals surface area (Å²) in [6.07, 6.45) is -2.27. The molecule has 1 saturated carbocycles. The van der Waals surface area contributed by atoms with Crippen molar-refractivity contribution in [2.75, 3.05) is 6.54 Å². The number of benzene rings is 1. The van der Waals surface area contributed by atoms with Crippen LogP contribution in [-0.2, 0) is 4.79 Å². The van der Waals surface area contributed by atoms with Crippen molar-refractivity contribution in [2.45, 2.75) is 56.4 Å². The smallest absolute Gasteiger partial charge is 0.388 e. The van der Waals surface area contributed by atoms with E-state index >= 15 is 0 Å². The van der Waals surface area contributed by atoms with Crippen LogP contribution in [0.15, 0.2) is 24.2 Å². The van der Waals surface area contributed by atoms with Gasteiger partial charge in [-0.25, -0.2) is 0 Å². The Labute approximate surface area is 151 Å². The summed E-state index contributed by atoms with van der Waals surface area (Å²) in [7, 11) is 0. The maximum absolute atomic E-state index is 12.1. The van der Waals surface area contributed by atoms with Gasteiger partial charge in [-0.05, 0) is 49.8 Å². The first-order valence-corrected chi connectivity index (χ1v) is 8.50. The number of aliphatic hydroxyl groups is 2. The summed E-state index contributed by atoms with van der Waals surface area (Å²) in [5.74, 6) is 3.65. The highest BCUT2D eigenvalue weighted by atomic mass is 19.4. The molecule has 1 atom stereocenters. The van der Waals surface area contributed by atoms with Gasteiger partial charge in [-0.1, -0.05) is 30.4 Å². The van der Waals surface area contributed by atoms with Crippen LogP contribution in [0.25, 0.3) is 0 Å². The summed E-state index contributed by atoms with van der Waals surface area (Å²) in [6, 6.07) is 4.52. The first-order chi connectivity index (χ1) is 12.6. The van der Waals surface area contributed by atoms with Crippen molar-refractivity contribution in [1.29, 1.82) is 0 Å². The number of aliphatic hydroxyl groups excluding tert-OH is 1. The Morgan fingerprint density at radius 3 is 2.73 bits per heavy atom. The molecule has 1 amide bonds. The third-order valence-corrected chi connectivity index (χ3v) is 4.26. The second kappa shape index (κ2) is 8.56. The molecule has 0 aliphatic heterocycles. The van der Waals surface area contributed by atoms with E-state index < -0.39 is 23.8 Å². The van der Waals surface area contributed by atoms with Gasteiger partial charge in [0.2, 0.25) is 0 Å². The van der Waals surface area contributed by atoms with Crippen LogP contribution in [0.5, 0.6) is 0 Å². The number of alkyl halides is 3. The fourth-order valence-corrected chi connectivity index (χ4v) is 2.78. The van der Waals surface area contributed by atoms with Crippen molar-refractivity contribution in [3.63, 3.8) is 0 Å². The number of rotatable bonds is 4. The lowest BCUT2D eigenvalue weighted by atomic mass is 9.85. The van der Waals surface area contributed by atoms with Crippen molar-refractivity contribution in [3.8, 4) is 11.8 Å². The van der Waals surface area contributed by atoms with Crippen molar-refractivity contribution >= 4 is 5.91 Å². The molecule has 1 aromatic carbocycles. The van der Waals surface area contributed by atoms with Crippen molar-refractivity contribution in [2.24, 2.45) is 0 Å². The molecule has 142 valence electrons. The fourth-order valence-electron chi connectivity index (χ4n) is 2.78. The standard InChI is InChI=1S/C19H22F3NO3/c20-19(21,22)17(25)23-12-8-16(24)15-6-4-5-14(13-15)7-11-18(26)9-2-1-3-10-18/h4-6,13,16,24,26H,1-3,8-10,12H2,(H,23,25)/i6D. The topological polar surface area (TPSA) is 69.6 Å². The van der Waals surface area contributed by atoms with E-state index in [4.69, 9.17) is 1.37 Å². The zero-order valence-electron chi connectivity index (χ0n) is 15.2. The minimum absolute atomic E-state index is 0.0200. The highest BCUT2D eigenvalue weighted by Crippen LogP contribution is 2.27. The Balaban J connectivity index is 2.03. The summed E-state index contributed by atoms with van der Waals surface area (Å²) in [6.45, 7) is -0.380. The van der Waals surface area contributed by atoms with Crippen molar-refractivity contribution in [3.05, 3.63) is 35.4 Å². The van der Waals surface area contributed by atoms with E-state index in [1.54, 1.807) is 11.4 Å². The molecule has 2 rings (SSSR count). The number of carbonyl (C=O) groups excluding carboxylic acids is 1. The predicted molar refractivity (Wildman–Crippen MR) is 90.0 cm³/mol. The third kappa shape index (κ3) is 6.04. The Bertz CT molecular complexity index is 734. The molecule has 1 aliphatic rings. The number of nitrogens with one attached hydrogen (secondary N) is 1. The molecule has 0 saturated heterocycles. The summed E-state index contributed by atoms with van der Waals surface area (Å²) in [5.41, 5.74) is -0.324. The van der Waals surface area contributed by atoms with Gasteiger partial charge in [0, 0.05) is 12.1 Å². The van der Waals surface area contributed by atoms with E-state index in [2.05, 4.69) is 11.8 Å². The molecule has 1 unspecified atom stereocenters. The van der Waals surface area contributed by atoms with Gasteiger partial charge in [-0.2, -0.15) is 13.2 Å². The second-order valence-corrected chi connectivity index (χ2v) is 6.43. The third-order valence-electron chi connectivity index (χ3n) is 4.26. The maximum atomic E-state index is 12.1. The molecule has 1 aromatic rings. The van der Waals surface area contributed by atoms with Gasteiger partial charge >= 0.3 is 12.1 Å². The molecule has 0 bridgehead atoms. The van der Waals surface area contributed by atoms with Crippen LogP contribution in [0.3, 0.4) is 0 Å². The van der Waals surface area contributed by atoms with E-state index in [0.29, 0.717) is 18.4 Å². The highest BCUT2D eigenvalue weighted by Gasteiger charge is 2.38. The van der Waals surface area contributed by atoms with Crippen LogP contribution >= 0.6 is 0 Å². The SMILES string of the molecule is [2H]c1ccc(C#CC2(O)CCCCC2)cc1C(O)CCNC(=O)C(F)(F)F. The first kappa shape index (κ1) is 18.7. The van der Waals surface area contributed by atoms with E-state index in [-0.39, 0.29) is 24.6 Å². The van der Waals surface area contributed by atoms with Crippen LogP contribution in [0.1, 0.15) is 57.1 Å². The molecule has 0 spiro atoms. The minimum Gasteiger partial charge on any atom is -0.388 e. The van der Waals surface area contributed by atoms with Gasteiger partial charge in [-0.3, -0.25) is 4.79 Å². The Morgan fingerprint density at radius 1 is 1.38 bits per heavy atom. The molecule has 0 radical (unpaired) electrons. The molecule has 3 N–H and O–H groups in total. The molecule has 0 aromatic heterocycles. The van der Waals surface area contributed by atoms with Gasteiger partial charge < -0.3 is 15.5 Å². The number of carbonyl (C=O) groups is 1. The van der Waals surface area contributed by atoms with Crippen LogP contribution in [0.2, 0.25) is 0 Å². The normalized spacial score (nSPS) is 18.3. The number of hydrogen-bond acceptors (Lipinski definition) is 3. The Kier molecular flexibility index (Phi) is 6.17. The van der Waals surface area contributed by atoms with Gasteiger partial charge in [0.1, 0.15) is 5.60 Å². The lowest BCUT2D eigenvalue weighted by Gasteiger charge is -2.26. The largest absolute Gasteiger partial charge is 0.471 e. The van der Waals surface area contributed by atoms with Gasteiger partial charge in [-0.15, -0.1) is 0 Å². The van der Waals surface area contributed by atoms with Crippen LogP contribution < -0.4 is 5.32 Å². The van der Waals surface area contributed by atoms with Gasteiger partial charge in [0.15, 0.2) is 0 Å². The summed E-state index contributed by atoms with van der Waals surface area (Å²) < 4.78 is 44.3. The van der Waals surface area contributed by atoms with E-state index in [1.807, 2.05) is 0 Å². The molecule has 0 heterocycles. The minimum atomic E-state index is -4.97. The number of halogens is 3. The number of hydrogen-bond donors (Lipinski definition) is 3. The Hall–Kier alpha value is -2.04. The van der Waals surface area contributed by atoms with Crippen molar-refractivity contribution in [1.82, 2.24) is 5.32 Å². The van der Waals surface area contributed by atoms with E-state index in [0.717, 1.165) is 19.3 Å².